The van der Waals surface area contributed by atoms with Gasteiger partial charge >= 0.3 is 0 Å². The van der Waals surface area contributed by atoms with Crippen LogP contribution in [-0.2, 0) is 4.79 Å². The van der Waals surface area contributed by atoms with Crippen molar-refractivity contribution in [3.05, 3.63) is 0 Å². The molecular formula is C7H11NO. The Bertz CT molecular complexity index is 125. The maximum absolute atomic E-state index is 10.0. The van der Waals surface area contributed by atoms with Gasteiger partial charge in [0.2, 0.25) is 0 Å². The molecule has 0 rings (SSSR count). The van der Waals surface area contributed by atoms with Crippen molar-refractivity contribution in [2.24, 2.45) is 11.8 Å². The van der Waals surface area contributed by atoms with Gasteiger partial charge in [-0.05, 0) is 13.3 Å². The van der Waals surface area contributed by atoms with Crippen LogP contribution in [0.1, 0.15) is 20.3 Å². The van der Waals surface area contributed by atoms with Gasteiger partial charge in [0.05, 0.1) is 6.07 Å². The lowest BCUT2D eigenvalue weighted by Gasteiger charge is -2.02. The van der Waals surface area contributed by atoms with Gasteiger partial charge in [-0.2, -0.15) is 5.26 Å². The van der Waals surface area contributed by atoms with Gasteiger partial charge in [-0.25, -0.2) is 0 Å². The van der Waals surface area contributed by atoms with Crippen LogP contribution >= 0.6 is 0 Å². The van der Waals surface area contributed by atoms with Gasteiger partial charge in [-0.15, -0.1) is 0 Å². The molecule has 2 nitrogen and oxygen atoms in total. The molecule has 2 atom stereocenters. The first-order chi connectivity index (χ1) is 4.20. The number of rotatable bonds is 3. The first kappa shape index (κ1) is 8.16. The van der Waals surface area contributed by atoms with E-state index in [1.807, 2.05) is 13.8 Å². The topological polar surface area (TPSA) is 40.9 Å². The first-order valence-electron chi connectivity index (χ1n) is 3.05. The Morgan fingerprint density at radius 2 is 2.22 bits per heavy atom. The van der Waals surface area contributed by atoms with Crippen molar-refractivity contribution in [3.63, 3.8) is 0 Å². The summed E-state index contributed by atoms with van der Waals surface area (Å²) in [5.41, 5.74) is 0. The van der Waals surface area contributed by atoms with E-state index in [-0.39, 0.29) is 11.8 Å². The summed E-state index contributed by atoms with van der Waals surface area (Å²) < 4.78 is 0. The van der Waals surface area contributed by atoms with Crippen molar-refractivity contribution in [1.82, 2.24) is 0 Å². The molecule has 2 heteroatoms. The maximum atomic E-state index is 10.0. The lowest BCUT2D eigenvalue weighted by atomic mass is 10.0. The second-order valence-corrected chi connectivity index (χ2v) is 2.38. The summed E-state index contributed by atoms with van der Waals surface area (Å²) >= 11 is 0. The Morgan fingerprint density at radius 3 is 2.56 bits per heavy atom. The number of nitriles is 1. The molecule has 0 fully saturated rings. The highest BCUT2D eigenvalue weighted by atomic mass is 16.1. The molecule has 0 aromatic heterocycles. The van der Waals surface area contributed by atoms with Gasteiger partial charge < -0.3 is 4.79 Å². The summed E-state index contributed by atoms with van der Waals surface area (Å²) in [5.74, 6) is 0.0323. The monoisotopic (exact) mass is 125 g/mol. The van der Waals surface area contributed by atoms with Crippen molar-refractivity contribution in [2.45, 2.75) is 20.3 Å². The first-order valence-corrected chi connectivity index (χ1v) is 3.05. The summed E-state index contributed by atoms with van der Waals surface area (Å²) in [6.07, 6.45) is 1.56. The second kappa shape index (κ2) is 4.08. The van der Waals surface area contributed by atoms with Crippen molar-refractivity contribution in [1.29, 1.82) is 5.26 Å². The molecule has 0 N–H and O–H groups in total. The minimum absolute atomic E-state index is 0.00481. The molecule has 0 spiro atoms. The van der Waals surface area contributed by atoms with Crippen LogP contribution in [0.4, 0.5) is 0 Å². The standard InChI is InChI=1S/C7H11NO/c1-6(4-8)3-7(2)5-9/h5-7H,3H2,1-2H3. The molecular weight excluding hydrogens is 114 g/mol. The number of nitrogens with zero attached hydrogens (tertiary/aromatic N) is 1. The predicted molar refractivity (Wildman–Crippen MR) is 34.6 cm³/mol. The average molecular weight is 125 g/mol. The molecule has 0 aromatic rings. The number of hydrogen-bond donors (Lipinski definition) is 0. The Labute approximate surface area is 55.5 Å². The zero-order valence-electron chi connectivity index (χ0n) is 5.79. The quantitative estimate of drug-likeness (QED) is 0.534. The minimum Gasteiger partial charge on any atom is -0.303 e. The molecule has 0 bridgehead atoms. The fourth-order valence-corrected chi connectivity index (χ4v) is 0.666. The molecule has 50 valence electrons. The number of carbonyl (C=O) groups is 1. The van der Waals surface area contributed by atoms with Gasteiger partial charge in [-0.3, -0.25) is 0 Å². The molecule has 0 aliphatic heterocycles. The fourth-order valence-electron chi connectivity index (χ4n) is 0.666. The van der Waals surface area contributed by atoms with Gasteiger partial charge in [0, 0.05) is 11.8 Å². The van der Waals surface area contributed by atoms with Crippen LogP contribution in [0, 0.1) is 23.2 Å². The molecule has 0 aliphatic carbocycles. The summed E-state index contributed by atoms with van der Waals surface area (Å²) in [4.78, 5) is 10.0. The van der Waals surface area contributed by atoms with Crippen molar-refractivity contribution in [3.8, 4) is 6.07 Å². The van der Waals surface area contributed by atoms with Crippen LogP contribution in [0.2, 0.25) is 0 Å². The third-order valence-corrected chi connectivity index (χ3v) is 1.18. The summed E-state index contributed by atoms with van der Waals surface area (Å²) in [6.45, 7) is 3.64. The van der Waals surface area contributed by atoms with E-state index in [2.05, 4.69) is 6.07 Å². The van der Waals surface area contributed by atoms with Gasteiger partial charge in [-0.1, -0.05) is 6.92 Å². The smallest absolute Gasteiger partial charge is 0.122 e. The van der Waals surface area contributed by atoms with Crippen LogP contribution in [-0.4, -0.2) is 6.29 Å². The number of carbonyl (C=O) groups excluding carboxylic acids is 1. The Balaban J connectivity index is 3.49. The molecule has 0 heterocycles. The van der Waals surface area contributed by atoms with Crippen LogP contribution in [0.5, 0.6) is 0 Å². The van der Waals surface area contributed by atoms with E-state index < -0.39 is 0 Å². The largest absolute Gasteiger partial charge is 0.303 e. The van der Waals surface area contributed by atoms with E-state index in [0.717, 1.165) is 6.29 Å². The SMILES string of the molecule is CC(C#N)CC(C)C=O. The molecule has 0 saturated carbocycles. The molecule has 0 saturated heterocycles. The Hall–Kier alpha value is -0.840. The lowest BCUT2D eigenvalue weighted by Crippen LogP contribution is -2.01. The minimum atomic E-state index is 0.00481. The third-order valence-electron chi connectivity index (χ3n) is 1.18. The molecule has 0 aromatic carbocycles. The van der Waals surface area contributed by atoms with Gasteiger partial charge in [0.1, 0.15) is 6.29 Å². The zero-order valence-corrected chi connectivity index (χ0v) is 5.79. The highest BCUT2D eigenvalue weighted by Gasteiger charge is 2.04. The number of aldehydes is 1. The highest BCUT2D eigenvalue weighted by Crippen LogP contribution is 2.07. The van der Waals surface area contributed by atoms with E-state index in [4.69, 9.17) is 5.26 Å². The van der Waals surface area contributed by atoms with Gasteiger partial charge in [0.25, 0.3) is 0 Å². The van der Waals surface area contributed by atoms with Crippen molar-refractivity contribution in [2.75, 3.05) is 0 Å². The summed E-state index contributed by atoms with van der Waals surface area (Å²) in [7, 11) is 0. The maximum Gasteiger partial charge on any atom is 0.122 e. The Kier molecular flexibility index (Phi) is 3.70. The van der Waals surface area contributed by atoms with E-state index >= 15 is 0 Å². The van der Waals surface area contributed by atoms with Crippen molar-refractivity contribution >= 4 is 6.29 Å². The zero-order chi connectivity index (χ0) is 7.28. The molecule has 9 heavy (non-hydrogen) atoms. The summed E-state index contributed by atoms with van der Waals surface area (Å²) in [5, 5.41) is 8.31. The average Bonchev–Trinajstić information content (AvgIpc) is 1.87. The Morgan fingerprint density at radius 1 is 1.67 bits per heavy atom. The molecule has 2 unspecified atom stereocenters. The van der Waals surface area contributed by atoms with E-state index in [9.17, 15) is 4.79 Å². The van der Waals surface area contributed by atoms with Crippen LogP contribution < -0.4 is 0 Å². The van der Waals surface area contributed by atoms with E-state index in [1.54, 1.807) is 0 Å². The van der Waals surface area contributed by atoms with Crippen LogP contribution in [0.15, 0.2) is 0 Å². The third kappa shape index (κ3) is 3.72. The predicted octanol–water partition coefficient (Wildman–Crippen LogP) is 1.37. The highest BCUT2D eigenvalue weighted by molar-refractivity contribution is 5.52. The molecule has 0 amide bonds. The molecule has 0 aliphatic rings. The van der Waals surface area contributed by atoms with E-state index in [0.29, 0.717) is 6.42 Å². The summed E-state index contributed by atoms with van der Waals surface area (Å²) in [6, 6.07) is 2.07. The van der Waals surface area contributed by atoms with Crippen LogP contribution in [0.25, 0.3) is 0 Å². The van der Waals surface area contributed by atoms with E-state index in [1.165, 1.54) is 0 Å². The lowest BCUT2D eigenvalue weighted by molar-refractivity contribution is -0.110. The van der Waals surface area contributed by atoms with Crippen molar-refractivity contribution < 1.29 is 4.79 Å². The second-order valence-electron chi connectivity index (χ2n) is 2.38. The molecule has 0 radical (unpaired) electrons. The van der Waals surface area contributed by atoms with Gasteiger partial charge in [0.15, 0.2) is 0 Å². The van der Waals surface area contributed by atoms with Crippen LogP contribution in [0.3, 0.4) is 0 Å². The number of hydrogen-bond acceptors (Lipinski definition) is 2. The normalized spacial score (nSPS) is 15.7. The fraction of sp³-hybridized carbons (Fsp3) is 0.714.